The molecule has 2 atom stereocenters. The van der Waals surface area contributed by atoms with E-state index in [-0.39, 0.29) is 6.42 Å². The molecule has 26 heavy (non-hydrogen) atoms. The van der Waals surface area contributed by atoms with Crippen molar-refractivity contribution in [3.63, 3.8) is 0 Å². The van der Waals surface area contributed by atoms with Gasteiger partial charge in [0.25, 0.3) is 0 Å². The molecule has 0 saturated heterocycles. The van der Waals surface area contributed by atoms with Crippen molar-refractivity contribution in [2.45, 2.75) is 25.6 Å². The minimum absolute atomic E-state index is 0.0657. The minimum Gasteiger partial charge on any atom is -0.481 e. The number of rotatable bonds is 10. The second-order valence-corrected chi connectivity index (χ2v) is 6.05. The van der Waals surface area contributed by atoms with Crippen LogP contribution in [0.1, 0.15) is 30.1 Å². The van der Waals surface area contributed by atoms with Crippen LogP contribution < -0.4 is 0 Å². The van der Waals surface area contributed by atoms with Gasteiger partial charge in [0.05, 0.1) is 25.2 Å². The van der Waals surface area contributed by atoms with Crippen LogP contribution in [0.15, 0.2) is 66.7 Å². The number of hydrogen-bond acceptors (Lipinski definition) is 3. The second-order valence-electron chi connectivity index (χ2n) is 6.05. The Hall–Kier alpha value is -2.50. The molecule has 0 saturated carbocycles. The lowest BCUT2D eigenvalue weighted by Crippen LogP contribution is -2.16. The average molecular weight is 358 g/mol. The maximum atomic E-state index is 12.9. The van der Waals surface area contributed by atoms with Crippen molar-refractivity contribution in [3.05, 3.63) is 83.7 Å². The fourth-order valence-electron chi connectivity index (χ4n) is 2.54. The maximum Gasteiger partial charge on any atom is 0.306 e. The highest BCUT2D eigenvalue weighted by atomic mass is 19.1. The Morgan fingerprint density at radius 3 is 2.42 bits per heavy atom. The van der Waals surface area contributed by atoms with E-state index in [0.717, 1.165) is 5.56 Å². The molecule has 0 unspecified atom stereocenters. The van der Waals surface area contributed by atoms with E-state index in [1.165, 1.54) is 24.3 Å². The van der Waals surface area contributed by atoms with Crippen molar-refractivity contribution in [2.75, 3.05) is 6.61 Å². The number of hydrogen-bond donors (Lipinski definition) is 2. The number of carboxylic acids is 1. The number of aliphatic carboxylic acids is 1. The molecule has 2 aromatic carbocycles. The molecule has 0 aliphatic carbocycles. The summed E-state index contributed by atoms with van der Waals surface area (Å²) in [5.41, 5.74) is 1.58. The lowest BCUT2D eigenvalue weighted by atomic mass is 9.94. The smallest absolute Gasteiger partial charge is 0.306 e. The average Bonchev–Trinajstić information content (AvgIpc) is 2.64. The summed E-state index contributed by atoms with van der Waals surface area (Å²) in [6.07, 6.45) is 2.95. The van der Waals surface area contributed by atoms with E-state index in [1.807, 2.05) is 30.3 Å². The molecule has 0 aromatic heterocycles. The monoisotopic (exact) mass is 358 g/mol. The molecule has 0 heterocycles. The van der Waals surface area contributed by atoms with Crippen LogP contribution in [0.25, 0.3) is 0 Å². The van der Waals surface area contributed by atoms with Crippen LogP contribution >= 0.6 is 0 Å². The lowest BCUT2D eigenvalue weighted by Gasteiger charge is -2.16. The molecule has 0 aliphatic rings. The zero-order valence-electron chi connectivity index (χ0n) is 14.4. The summed E-state index contributed by atoms with van der Waals surface area (Å²) in [5, 5.41) is 19.5. The van der Waals surface area contributed by atoms with Gasteiger partial charge in [-0.25, -0.2) is 4.39 Å². The molecule has 0 amide bonds. The number of carbonyl (C=O) groups is 1. The second kappa shape index (κ2) is 10.5. The molecule has 0 spiro atoms. The molecule has 2 rings (SSSR count). The van der Waals surface area contributed by atoms with E-state index in [0.29, 0.717) is 25.2 Å². The summed E-state index contributed by atoms with van der Waals surface area (Å²) in [6, 6.07) is 15.2. The van der Waals surface area contributed by atoms with E-state index in [9.17, 15) is 19.4 Å². The standard InChI is InChI=1S/C21H23FO4/c22-19-11-9-17(10-12-19)20(23)14-18(21(24)25)8-4-5-13-26-15-16-6-2-1-3-7-16/h1-7,9-12,18,20,23H,8,13-15H2,(H,24,25)/b5-4+/t18-,20+/m0/s1. The SMILES string of the molecule is O=C(O)[C@@H](C/C=C/COCc1ccccc1)C[C@@H](O)c1ccc(F)cc1. The summed E-state index contributed by atoms with van der Waals surface area (Å²) in [5.74, 6) is -2.09. The van der Waals surface area contributed by atoms with Crippen LogP contribution in [-0.4, -0.2) is 22.8 Å². The lowest BCUT2D eigenvalue weighted by molar-refractivity contribution is -0.142. The third kappa shape index (κ3) is 6.78. The third-order valence-electron chi connectivity index (χ3n) is 4.02. The number of aliphatic hydroxyl groups is 1. The predicted molar refractivity (Wildman–Crippen MR) is 97.0 cm³/mol. The highest BCUT2D eigenvalue weighted by Gasteiger charge is 2.21. The van der Waals surface area contributed by atoms with Crippen LogP contribution in [0.2, 0.25) is 0 Å². The molecule has 0 aliphatic heterocycles. The van der Waals surface area contributed by atoms with Crippen molar-refractivity contribution in [1.82, 2.24) is 0 Å². The number of ether oxygens (including phenoxy) is 1. The van der Waals surface area contributed by atoms with Crippen molar-refractivity contribution < 1.29 is 24.1 Å². The highest BCUT2D eigenvalue weighted by Crippen LogP contribution is 2.24. The van der Waals surface area contributed by atoms with Gasteiger partial charge in [0.1, 0.15) is 5.82 Å². The number of carboxylic acid groups (broad SMARTS) is 1. The van der Waals surface area contributed by atoms with E-state index < -0.39 is 23.8 Å². The van der Waals surface area contributed by atoms with Gasteiger partial charge in [-0.1, -0.05) is 54.6 Å². The maximum absolute atomic E-state index is 12.9. The van der Waals surface area contributed by atoms with Crippen LogP contribution in [0, 0.1) is 11.7 Å². The Labute approximate surface area is 152 Å². The largest absolute Gasteiger partial charge is 0.481 e. The summed E-state index contributed by atoms with van der Waals surface area (Å²) in [4.78, 5) is 11.4. The Bertz CT molecular complexity index is 698. The van der Waals surface area contributed by atoms with Crippen LogP contribution in [0.5, 0.6) is 0 Å². The fourth-order valence-corrected chi connectivity index (χ4v) is 2.54. The summed E-state index contributed by atoms with van der Waals surface area (Å²) in [6.45, 7) is 0.887. The first-order valence-electron chi connectivity index (χ1n) is 8.49. The molecular formula is C21H23FO4. The topological polar surface area (TPSA) is 66.8 Å². The minimum atomic E-state index is -0.971. The van der Waals surface area contributed by atoms with Gasteiger partial charge in [-0.15, -0.1) is 0 Å². The van der Waals surface area contributed by atoms with Gasteiger partial charge in [0.2, 0.25) is 0 Å². The molecule has 0 bridgehead atoms. The zero-order valence-corrected chi connectivity index (χ0v) is 14.4. The molecule has 0 radical (unpaired) electrons. The van der Waals surface area contributed by atoms with Crippen LogP contribution in [-0.2, 0) is 16.1 Å². The van der Waals surface area contributed by atoms with Gasteiger partial charge >= 0.3 is 5.97 Å². The first-order valence-corrected chi connectivity index (χ1v) is 8.49. The van der Waals surface area contributed by atoms with Gasteiger partial charge in [-0.3, -0.25) is 4.79 Å². The molecule has 5 heteroatoms. The predicted octanol–water partition coefficient (Wildman–Crippen LogP) is 4.11. The molecule has 2 aromatic rings. The quantitative estimate of drug-likeness (QED) is 0.495. The van der Waals surface area contributed by atoms with Crippen molar-refractivity contribution in [3.8, 4) is 0 Å². The Morgan fingerprint density at radius 2 is 1.77 bits per heavy atom. The molecule has 4 nitrogen and oxygen atoms in total. The zero-order chi connectivity index (χ0) is 18.8. The van der Waals surface area contributed by atoms with Crippen molar-refractivity contribution >= 4 is 5.97 Å². The van der Waals surface area contributed by atoms with E-state index >= 15 is 0 Å². The third-order valence-corrected chi connectivity index (χ3v) is 4.02. The fraction of sp³-hybridized carbons (Fsp3) is 0.286. The van der Waals surface area contributed by atoms with Crippen LogP contribution in [0.4, 0.5) is 4.39 Å². The van der Waals surface area contributed by atoms with Crippen molar-refractivity contribution in [2.24, 2.45) is 5.92 Å². The van der Waals surface area contributed by atoms with Gasteiger partial charge < -0.3 is 14.9 Å². The number of benzene rings is 2. The number of aliphatic hydroxyl groups excluding tert-OH is 1. The Kier molecular flexibility index (Phi) is 7.99. The summed E-state index contributed by atoms with van der Waals surface area (Å²) >= 11 is 0. The molecule has 2 N–H and O–H groups in total. The summed E-state index contributed by atoms with van der Waals surface area (Å²) in [7, 11) is 0. The van der Waals surface area contributed by atoms with Crippen LogP contribution in [0.3, 0.4) is 0 Å². The first-order chi connectivity index (χ1) is 12.6. The molecule has 138 valence electrons. The van der Waals surface area contributed by atoms with Gasteiger partial charge in [0.15, 0.2) is 0 Å². The summed E-state index contributed by atoms with van der Waals surface area (Å²) < 4.78 is 18.4. The molecule has 0 fully saturated rings. The van der Waals surface area contributed by atoms with Gasteiger partial charge in [-0.2, -0.15) is 0 Å². The number of halogens is 1. The molecular weight excluding hydrogens is 335 g/mol. The Morgan fingerprint density at radius 1 is 1.08 bits per heavy atom. The van der Waals surface area contributed by atoms with E-state index in [4.69, 9.17) is 4.74 Å². The van der Waals surface area contributed by atoms with Gasteiger partial charge in [0, 0.05) is 0 Å². The van der Waals surface area contributed by atoms with Gasteiger partial charge in [-0.05, 0) is 36.1 Å². The van der Waals surface area contributed by atoms with E-state index in [1.54, 1.807) is 12.2 Å². The normalized spacial score (nSPS) is 13.6. The Balaban J connectivity index is 1.76. The highest BCUT2D eigenvalue weighted by molar-refractivity contribution is 5.70. The van der Waals surface area contributed by atoms with E-state index in [2.05, 4.69) is 0 Å². The number of allylic oxidation sites excluding steroid dienone is 1. The first kappa shape index (κ1) is 19.8. The van der Waals surface area contributed by atoms with Crippen molar-refractivity contribution in [1.29, 1.82) is 0 Å².